The zero-order chi connectivity index (χ0) is 10.9. The molecule has 1 heterocycles. The molecule has 4 heteroatoms. The lowest BCUT2D eigenvalue weighted by molar-refractivity contribution is -0.136. The third kappa shape index (κ3) is 1.74. The number of urea groups is 1. The van der Waals surface area contributed by atoms with Gasteiger partial charge in [0.25, 0.3) is 0 Å². The number of rotatable bonds is 2. The molecule has 0 aromatic heterocycles. The molecule has 0 N–H and O–H groups in total. The molecule has 1 saturated heterocycles. The van der Waals surface area contributed by atoms with Crippen LogP contribution in [0.5, 0.6) is 0 Å². The fraction of sp³-hybridized carbons (Fsp3) is 0.800. The average Bonchev–Trinajstić information content (AvgIpc) is 2.11. The smallest absolute Gasteiger partial charge is 0.324 e. The minimum atomic E-state index is -0.148. The molecule has 0 saturated carbocycles. The van der Waals surface area contributed by atoms with Gasteiger partial charge in [0.1, 0.15) is 0 Å². The summed E-state index contributed by atoms with van der Waals surface area (Å²) in [5, 5.41) is 0. The number of hydrogen-bond donors (Lipinski definition) is 0. The van der Waals surface area contributed by atoms with Crippen LogP contribution in [0.1, 0.15) is 27.7 Å². The maximum absolute atomic E-state index is 11.8. The van der Waals surface area contributed by atoms with E-state index in [1.165, 1.54) is 4.90 Å². The maximum atomic E-state index is 11.8. The Balaban J connectivity index is 2.89. The molecule has 1 fully saturated rings. The standard InChI is InChI=1S/C10H18N2O2/c1-5-11-6-8(4)9(13)12(7(2)3)10(11)14/h7-8H,5-6H2,1-4H3. The van der Waals surface area contributed by atoms with Gasteiger partial charge in [-0.2, -0.15) is 0 Å². The van der Waals surface area contributed by atoms with Crippen molar-refractivity contribution in [2.75, 3.05) is 13.1 Å². The Morgan fingerprint density at radius 3 is 2.43 bits per heavy atom. The van der Waals surface area contributed by atoms with E-state index in [0.717, 1.165) is 0 Å². The summed E-state index contributed by atoms with van der Waals surface area (Å²) in [6.07, 6.45) is 0. The molecule has 4 nitrogen and oxygen atoms in total. The van der Waals surface area contributed by atoms with Crippen LogP contribution in [0.4, 0.5) is 4.79 Å². The maximum Gasteiger partial charge on any atom is 0.326 e. The molecule has 0 radical (unpaired) electrons. The Hall–Kier alpha value is -1.06. The Labute approximate surface area is 84.9 Å². The van der Waals surface area contributed by atoms with Gasteiger partial charge in [-0.15, -0.1) is 0 Å². The van der Waals surface area contributed by atoms with E-state index in [4.69, 9.17) is 0 Å². The van der Waals surface area contributed by atoms with Gasteiger partial charge < -0.3 is 4.90 Å². The van der Waals surface area contributed by atoms with E-state index in [1.54, 1.807) is 4.90 Å². The first-order chi connectivity index (χ1) is 6.49. The second-order valence-corrected chi connectivity index (χ2v) is 4.02. The van der Waals surface area contributed by atoms with E-state index in [0.29, 0.717) is 13.1 Å². The van der Waals surface area contributed by atoms with E-state index in [1.807, 2.05) is 27.7 Å². The highest BCUT2D eigenvalue weighted by atomic mass is 16.2. The number of nitrogens with zero attached hydrogens (tertiary/aromatic N) is 2. The number of carbonyl (C=O) groups excluding carboxylic acids is 2. The zero-order valence-electron chi connectivity index (χ0n) is 9.28. The average molecular weight is 198 g/mol. The summed E-state index contributed by atoms with van der Waals surface area (Å²) in [6.45, 7) is 8.74. The summed E-state index contributed by atoms with van der Waals surface area (Å²) in [5.41, 5.74) is 0. The van der Waals surface area contributed by atoms with E-state index in [2.05, 4.69) is 0 Å². The topological polar surface area (TPSA) is 40.6 Å². The second-order valence-electron chi connectivity index (χ2n) is 4.02. The monoisotopic (exact) mass is 198 g/mol. The Morgan fingerprint density at radius 1 is 1.43 bits per heavy atom. The minimum Gasteiger partial charge on any atom is -0.324 e. The van der Waals surface area contributed by atoms with Crippen LogP contribution >= 0.6 is 0 Å². The van der Waals surface area contributed by atoms with E-state index in [-0.39, 0.29) is 23.9 Å². The van der Waals surface area contributed by atoms with Crippen LogP contribution in [-0.2, 0) is 4.79 Å². The van der Waals surface area contributed by atoms with Gasteiger partial charge in [-0.25, -0.2) is 4.79 Å². The Bertz CT molecular complexity index is 251. The number of hydrogen-bond acceptors (Lipinski definition) is 2. The van der Waals surface area contributed by atoms with Gasteiger partial charge in [-0.05, 0) is 20.8 Å². The van der Waals surface area contributed by atoms with E-state index < -0.39 is 0 Å². The van der Waals surface area contributed by atoms with Crippen LogP contribution in [0.2, 0.25) is 0 Å². The summed E-state index contributed by atoms with van der Waals surface area (Å²) in [7, 11) is 0. The molecule has 1 rings (SSSR count). The van der Waals surface area contributed by atoms with Gasteiger partial charge in [-0.1, -0.05) is 6.92 Å². The predicted molar refractivity (Wildman–Crippen MR) is 53.8 cm³/mol. The quantitative estimate of drug-likeness (QED) is 0.671. The third-order valence-corrected chi connectivity index (χ3v) is 2.53. The fourth-order valence-electron chi connectivity index (χ4n) is 1.71. The summed E-state index contributed by atoms with van der Waals surface area (Å²) < 4.78 is 0. The van der Waals surface area contributed by atoms with Crippen molar-refractivity contribution in [3.8, 4) is 0 Å². The van der Waals surface area contributed by atoms with Crippen molar-refractivity contribution in [3.63, 3.8) is 0 Å². The molecular formula is C10H18N2O2. The van der Waals surface area contributed by atoms with Crippen molar-refractivity contribution in [3.05, 3.63) is 0 Å². The van der Waals surface area contributed by atoms with Gasteiger partial charge in [0, 0.05) is 19.1 Å². The van der Waals surface area contributed by atoms with Crippen molar-refractivity contribution >= 4 is 11.9 Å². The molecular weight excluding hydrogens is 180 g/mol. The summed E-state index contributed by atoms with van der Waals surface area (Å²) >= 11 is 0. The molecule has 0 aromatic rings. The van der Waals surface area contributed by atoms with Crippen LogP contribution in [0.15, 0.2) is 0 Å². The van der Waals surface area contributed by atoms with Crippen molar-refractivity contribution < 1.29 is 9.59 Å². The van der Waals surface area contributed by atoms with Gasteiger partial charge in [0.15, 0.2) is 0 Å². The van der Waals surface area contributed by atoms with Crippen molar-refractivity contribution in [1.82, 2.24) is 9.80 Å². The highest BCUT2D eigenvalue weighted by Crippen LogP contribution is 2.17. The largest absolute Gasteiger partial charge is 0.326 e. The van der Waals surface area contributed by atoms with Gasteiger partial charge in [0.05, 0.1) is 5.92 Å². The third-order valence-electron chi connectivity index (χ3n) is 2.53. The van der Waals surface area contributed by atoms with E-state index in [9.17, 15) is 9.59 Å². The highest BCUT2D eigenvalue weighted by molar-refractivity contribution is 5.98. The van der Waals surface area contributed by atoms with Gasteiger partial charge in [-0.3, -0.25) is 9.69 Å². The molecule has 1 unspecified atom stereocenters. The summed E-state index contributed by atoms with van der Waals surface area (Å²) in [4.78, 5) is 26.6. The molecule has 1 aliphatic heterocycles. The first kappa shape index (κ1) is 11.0. The SMILES string of the molecule is CCN1CC(C)C(=O)N(C(C)C)C1=O. The first-order valence-electron chi connectivity index (χ1n) is 5.11. The molecule has 3 amide bonds. The normalized spacial score (nSPS) is 23.6. The zero-order valence-corrected chi connectivity index (χ0v) is 9.28. The first-order valence-corrected chi connectivity index (χ1v) is 5.11. The molecule has 0 aliphatic carbocycles. The lowest BCUT2D eigenvalue weighted by Gasteiger charge is -2.38. The van der Waals surface area contributed by atoms with Gasteiger partial charge in [0.2, 0.25) is 5.91 Å². The van der Waals surface area contributed by atoms with Crippen LogP contribution in [0, 0.1) is 5.92 Å². The summed E-state index contributed by atoms with van der Waals surface area (Å²) in [5.74, 6) is -0.121. The molecule has 0 bridgehead atoms. The van der Waals surface area contributed by atoms with Crippen LogP contribution in [0.3, 0.4) is 0 Å². The second kappa shape index (κ2) is 3.98. The highest BCUT2D eigenvalue weighted by Gasteiger charge is 2.37. The Morgan fingerprint density at radius 2 is 2.00 bits per heavy atom. The van der Waals surface area contributed by atoms with E-state index >= 15 is 0 Å². The van der Waals surface area contributed by atoms with Crippen LogP contribution < -0.4 is 0 Å². The van der Waals surface area contributed by atoms with Crippen LogP contribution in [-0.4, -0.2) is 40.9 Å². The van der Waals surface area contributed by atoms with Crippen molar-refractivity contribution in [1.29, 1.82) is 0 Å². The number of carbonyl (C=O) groups is 2. The molecule has 80 valence electrons. The predicted octanol–water partition coefficient (Wildman–Crippen LogP) is 1.31. The number of amides is 3. The lowest BCUT2D eigenvalue weighted by Crippen LogP contribution is -2.58. The van der Waals surface area contributed by atoms with Crippen LogP contribution in [0.25, 0.3) is 0 Å². The molecule has 1 atom stereocenters. The molecule has 0 spiro atoms. The lowest BCUT2D eigenvalue weighted by atomic mass is 10.1. The van der Waals surface area contributed by atoms with Crippen molar-refractivity contribution in [2.24, 2.45) is 5.92 Å². The number of imide groups is 1. The molecule has 0 aromatic carbocycles. The minimum absolute atomic E-state index is 0.0466. The summed E-state index contributed by atoms with van der Waals surface area (Å²) in [6, 6.07) is -0.197. The fourth-order valence-corrected chi connectivity index (χ4v) is 1.71. The van der Waals surface area contributed by atoms with Crippen molar-refractivity contribution in [2.45, 2.75) is 33.7 Å². The Kier molecular flexibility index (Phi) is 3.13. The van der Waals surface area contributed by atoms with Gasteiger partial charge >= 0.3 is 6.03 Å². The molecule has 1 aliphatic rings. The molecule has 14 heavy (non-hydrogen) atoms.